The van der Waals surface area contributed by atoms with Crippen LogP contribution in [0.25, 0.3) is 0 Å². The fourth-order valence-electron chi connectivity index (χ4n) is 2.04. The van der Waals surface area contributed by atoms with E-state index in [1.54, 1.807) is 12.1 Å². The van der Waals surface area contributed by atoms with Crippen molar-refractivity contribution in [3.63, 3.8) is 0 Å². The molecule has 0 fully saturated rings. The average Bonchev–Trinajstić information content (AvgIpc) is 2.43. The molecule has 2 atom stereocenters. The van der Waals surface area contributed by atoms with Crippen LogP contribution >= 0.6 is 11.6 Å². The van der Waals surface area contributed by atoms with Crippen LogP contribution in [0.5, 0.6) is 0 Å². The minimum Gasteiger partial charge on any atom is -0.384 e. The molecule has 1 aromatic carbocycles. The highest BCUT2D eigenvalue weighted by Gasteiger charge is 2.29. The fourth-order valence-corrected chi connectivity index (χ4v) is 2.17. The summed E-state index contributed by atoms with van der Waals surface area (Å²) in [6.07, 6.45) is 5.83. The first-order valence-electron chi connectivity index (χ1n) is 7.45. The van der Waals surface area contributed by atoms with Crippen LogP contribution in [-0.2, 0) is 5.60 Å². The largest absolute Gasteiger partial charge is 0.384 e. The lowest BCUT2D eigenvalue weighted by atomic mass is 9.84. The molecule has 1 aromatic rings. The van der Waals surface area contributed by atoms with Crippen LogP contribution in [0.4, 0.5) is 0 Å². The van der Waals surface area contributed by atoms with Gasteiger partial charge in [0, 0.05) is 11.4 Å². The molecule has 0 saturated carbocycles. The molecule has 1 N–H and O–H groups in total. The summed E-state index contributed by atoms with van der Waals surface area (Å²) in [5, 5.41) is 11.3. The van der Waals surface area contributed by atoms with Gasteiger partial charge >= 0.3 is 0 Å². The topological polar surface area (TPSA) is 20.2 Å². The molecule has 0 aliphatic carbocycles. The van der Waals surface area contributed by atoms with Gasteiger partial charge < -0.3 is 5.11 Å². The highest BCUT2D eigenvalue weighted by molar-refractivity contribution is 6.30. The van der Waals surface area contributed by atoms with Crippen LogP contribution in [0.1, 0.15) is 58.4 Å². The van der Waals surface area contributed by atoms with Gasteiger partial charge in [-0.25, -0.2) is 0 Å². The summed E-state index contributed by atoms with van der Waals surface area (Å²) in [5.74, 6) is 6.27. The Kier molecular flexibility index (Phi) is 7.13. The molecule has 0 radical (unpaired) electrons. The zero-order chi connectivity index (χ0) is 15.0. The van der Waals surface area contributed by atoms with Gasteiger partial charge in [-0.2, -0.15) is 0 Å². The zero-order valence-electron chi connectivity index (χ0n) is 12.7. The molecule has 20 heavy (non-hydrogen) atoms. The van der Waals surface area contributed by atoms with Crippen LogP contribution in [0, 0.1) is 17.8 Å². The third kappa shape index (κ3) is 5.19. The normalized spacial score (nSPS) is 15.1. The molecule has 0 heterocycles. The minimum atomic E-state index is -0.943. The Hall–Kier alpha value is -0.970. The number of unbranched alkanes of at least 4 members (excludes halogenated alkanes) is 4. The molecule has 0 spiro atoms. The van der Waals surface area contributed by atoms with Gasteiger partial charge in [-0.15, -0.1) is 5.92 Å². The first-order valence-corrected chi connectivity index (χ1v) is 7.83. The minimum absolute atomic E-state index is 0.102. The second kappa shape index (κ2) is 8.35. The van der Waals surface area contributed by atoms with E-state index in [0.29, 0.717) is 5.02 Å². The van der Waals surface area contributed by atoms with Crippen molar-refractivity contribution in [1.82, 2.24) is 0 Å². The third-order valence-electron chi connectivity index (χ3n) is 3.75. The number of halogens is 1. The molecule has 0 amide bonds. The molecule has 2 unspecified atom stereocenters. The third-order valence-corrected chi connectivity index (χ3v) is 4.00. The van der Waals surface area contributed by atoms with E-state index in [4.69, 9.17) is 11.6 Å². The van der Waals surface area contributed by atoms with Crippen molar-refractivity contribution in [2.45, 2.75) is 58.5 Å². The number of aliphatic hydroxyl groups is 1. The van der Waals surface area contributed by atoms with Gasteiger partial charge in [0.15, 0.2) is 0 Å². The first-order chi connectivity index (χ1) is 9.48. The highest BCUT2D eigenvalue weighted by atomic mass is 35.5. The van der Waals surface area contributed by atoms with Crippen LogP contribution in [0.15, 0.2) is 24.3 Å². The molecule has 1 rings (SSSR count). The Morgan fingerprint density at radius 2 is 1.85 bits per heavy atom. The maximum Gasteiger partial charge on any atom is 0.100 e. The van der Waals surface area contributed by atoms with Crippen molar-refractivity contribution < 1.29 is 5.11 Å². The van der Waals surface area contributed by atoms with E-state index in [0.717, 1.165) is 18.4 Å². The molecule has 0 bridgehead atoms. The van der Waals surface area contributed by atoms with Crippen molar-refractivity contribution in [2.24, 2.45) is 5.92 Å². The van der Waals surface area contributed by atoms with E-state index < -0.39 is 5.60 Å². The van der Waals surface area contributed by atoms with Crippen molar-refractivity contribution in [3.05, 3.63) is 34.9 Å². The van der Waals surface area contributed by atoms with Gasteiger partial charge in [0.2, 0.25) is 0 Å². The smallest absolute Gasteiger partial charge is 0.100 e. The van der Waals surface area contributed by atoms with Crippen LogP contribution in [0.3, 0.4) is 0 Å². The molecule has 2 heteroatoms. The average molecular weight is 293 g/mol. The van der Waals surface area contributed by atoms with Crippen LogP contribution < -0.4 is 0 Å². The van der Waals surface area contributed by atoms with Gasteiger partial charge in [-0.3, -0.25) is 0 Å². The molecule has 0 aromatic heterocycles. The predicted molar refractivity (Wildman–Crippen MR) is 86.7 cm³/mol. The SMILES string of the molecule is CCCCCCC#CC(C)C(C)(O)c1ccc(Cl)cc1. The Morgan fingerprint density at radius 3 is 2.45 bits per heavy atom. The van der Waals surface area contributed by atoms with Crippen LogP contribution in [-0.4, -0.2) is 5.11 Å². The van der Waals surface area contributed by atoms with E-state index in [-0.39, 0.29) is 5.92 Å². The number of benzene rings is 1. The maximum atomic E-state index is 10.6. The Bertz CT molecular complexity index is 451. The highest BCUT2D eigenvalue weighted by Crippen LogP contribution is 2.29. The van der Waals surface area contributed by atoms with E-state index in [2.05, 4.69) is 18.8 Å². The molecule has 0 aliphatic rings. The molecule has 1 nitrogen and oxygen atoms in total. The molecular formula is C18H25ClO. The zero-order valence-corrected chi connectivity index (χ0v) is 13.5. The summed E-state index contributed by atoms with van der Waals surface area (Å²) < 4.78 is 0. The van der Waals surface area contributed by atoms with Gasteiger partial charge in [0.05, 0.1) is 5.92 Å². The fraction of sp³-hybridized carbons (Fsp3) is 0.556. The lowest BCUT2D eigenvalue weighted by Gasteiger charge is -2.27. The Labute approximate surface area is 128 Å². The van der Waals surface area contributed by atoms with Crippen LogP contribution in [0.2, 0.25) is 5.02 Å². The Morgan fingerprint density at radius 1 is 1.20 bits per heavy atom. The standard InChI is InChI=1S/C18H25ClO/c1-4-5-6-7-8-9-10-15(2)18(3,20)16-11-13-17(19)14-12-16/h11-15,20H,4-8H2,1-3H3. The van der Waals surface area contributed by atoms with Crippen molar-refractivity contribution in [2.75, 3.05) is 0 Å². The first kappa shape index (κ1) is 17.1. The quantitative estimate of drug-likeness (QED) is 0.567. The van der Waals surface area contributed by atoms with E-state index in [1.165, 1.54) is 19.3 Å². The molecule has 0 aliphatic heterocycles. The van der Waals surface area contributed by atoms with E-state index >= 15 is 0 Å². The van der Waals surface area contributed by atoms with Gasteiger partial charge in [0.25, 0.3) is 0 Å². The van der Waals surface area contributed by atoms with E-state index in [1.807, 2.05) is 26.0 Å². The molecule has 0 saturated heterocycles. The predicted octanol–water partition coefficient (Wildman–Crippen LogP) is 5.16. The molecular weight excluding hydrogens is 268 g/mol. The van der Waals surface area contributed by atoms with E-state index in [9.17, 15) is 5.11 Å². The summed E-state index contributed by atoms with van der Waals surface area (Å²) >= 11 is 5.88. The second-order valence-electron chi connectivity index (χ2n) is 5.51. The maximum absolute atomic E-state index is 10.6. The molecule has 110 valence electrons. The lowest BCUT2D eigenvalue weighted by molar-refractivity contribution is 0.0239. The summed E-state index contributed by atoms with van der Waals surface area (Å²) in [4.78, 5) is 0. The van der Waals surface area contributed by atoms with Crippen molar-refractivity contribution >= 4 is 11.6 Å². The number of rotatable bonds is 6. The van der Waals surface area contributed by atoms with Gasteiger partial charge in [0.1, 0.15) is 5.60 Å². The summed E-state index contributed by atoms with van der Waals surface area (Å²) in [6, 6.07) is 7.33. The monoisotopic (exact) mass is 292 g/mol. The summed E-state index contributed by atoms with van der Waals surface area (Å²) in [7, 11) is 0. The lowest BCUT2D eigenvalue weighted by Crippen LogP contribution is -2.28. The number of hydrogen-bond donors (Lipinski definition) is 1. The number of hydrogen-bond acceptors (Lipinski definition) is 1. The van der Waals surface area contributed by atoms with Crippen molar-refractivity contribution in [3.8, 4) is 11.8 Å². The second-order valence-corrected chi connectivity index (χ2v) is 5.94. The summed E-state index contributed by atoms with van der Waals surface area (Å²) in [6.45, 7) is 5.98. The van der Waals surface area contributed by atoms with Gasteiger partial charge in [-0.1, -0.05) is 55.8 Å². The summed E-state index contributed by atoms with van der Waals surface area (Å²) in [5.41, 5.74) is -0.0873. The Balaban J connectivity index is 2.58. The van der Waals surface area contributed by atoms with Crippen molar-refractivity contribution in [1.29, 1.82) is 0 Å². The van der Waals surface area contributed by atoms with Gasteiger partial charge in [-0.05, 0) is 38.0 Å².